The summed E-state index contributed by atoms with van der Waals surface area (Å²) >= 11 is 0. The Morgan fingerprint density at radius 3 is 1.52 bits per heavy atom. The van der Waals surface area contributed by atoms with Crippen LogP contribution in [0.1, 0.15) is 71.1 Å². The molecule has 4 fully saturated rings. The van der Waals surface area contributed by atoms with E-state index in [1.165, 1.54) is 84.0 Å². The van der Waals surface area contributed by atoms with Gasteiger partial charge in [-0.2, -0.15) is 0 Å². The van der Waals surface area contributed by atoms with E-state index in [1.807, 2.05) is 21.3 Å². The fraction of sp³-hybridized carbons (Fsp3) is 1.00. The molecule has 180 valence electrons. The molecule has 2 saturated carbocycles. The molecule has 0 radical (unpaired) electrons. The number of methoxy groups -OCH3 is 3. The highest BCUT2D eigenvalue weighted by Gasteiger charge is 2.39. The third kappa shape index (κ3) is 5.66. The molecule has 0 aromatic rings. The van der Waals surface area contributed by atoms with E-state index in [4.69, 9.17) is 14.2 Å². The van der Waals surface area contributed by atoms with E-state index in [9.17, 15) is 0 Å². The van der Waals surface area contributed by atoms with Crippen LogP contribution in [0.3, 0.4) is 0 Å². The fourth-order valence-electron chi connectivity index (χ4n) is 7.39. The number of hydrogen-bond donors (Lipinski definition) is 0. The monoisotopic (exact) mass is 436 g/mol. The Labute approximate surface area is 191 Å². The van der Waals surface area contributed by atoms with Crippen molar-refractivity contribution in [3.63, 3.8) is 0 Å². The second kappa shape index (κ2) is 11.3. The third-order valence-electron chi connectivity index (χ3n) is 9.42. The largest absolute Gasteiger partial charge is 0.381 e. The number of hydrogen-bond acceptors (Lipinski definition) is 5. The van der Waals surface area contributed by atoms with Crippen molar-refractivity contribution in [2.24, 2.45) is 17.8 Å². The number of ether oxygens (including phenoxy) is 3. The normalized spacial score (nSPS) is 40.3. The van der Waals surface area contributed by atoms with Crippen molar-refractivity contribution in [3.8, 4) is 0 Å². The Balaban J connectivity index is 1.22. The molecule has 0 bridgehead atoms. The molecule has 0 spiro atoms. The molecule has 2 heterocycles. The minimum Gasteiger partial charge on any atom is -0.381 e. The third-order valence-corrected chi connectivity index (χ3v) is 9.42. The van der Waals surface area contributed by atoms with Gasteiger partial charge in [-0.3, -0.25) is 9.80 Å². The summed E-state index contributed by atoms with van der Waals surface area (Å²) in [6.45, 7) is 7.49. The lowest BCUT2D eigenvalue weighted by Crippen LogP contribution is -2.53. The molecule has 6 unspecified atom stereocenters. The van der Waals surface area contributed by atoms with Crippen molar-refractivity contribution in [1.82, 2.24) is 9.80 Å². The second-order valence-corrected chi connectivity index (χ2v) is 11.0. The quantitative estimate of drug-likeness (QED) is 0.623. The first-order valence-electron chi connectivity index (χ1n) is 13.2. The molecule has 0 aromatic carbocycles. The topological polar surface area (TPSA) is 34.2 Å². The molecule has 2 aliphatic carbocycles. The molecule has 31 heavy (non-hydrogen) atoms. The number of nitrogens with zero attached hydrogens (tertiary/aromatic N) is 2. The van der Waals surface area contributed by atoms with Crippen LogP contribution >= 0.6 is 0 Å². The first-order chi connectivity index (χ1) is 15.1. The van der Waals surface area contributed by atoms with Crippen molar-refractivity contribution in [2.45, 2.75) is 102 Å². The molecule has 2 aliphatic heterocycles. The van der Waals surface area contributed by atoms with Gasteiger partial charge in [0.15, 0.2) is 0 Å². The van der Waals surface area contributed by atoms with Gasteiger partial charge in [0.05, 0.1) is 18.3 Å². The highest BCUT2D eigenvalue weighted by atomic mass is 16.5. The first-order valence-corrected chi connectivity index (χ1v) is 13.2. The molecule has 6 atom stereocenters. The predicted octanol–water partition coefficient (Wildman–Crippen LogP) is 4.20. The molecule has 4 rings (SSSR count). The van der Waals surface area contributed by atoms with E-state index in [0.29, 0.717) is 30.4 Å². The summed E-state index contributed by atoms with van der Waals surface area (Å²) in [5.41, 5.74) is 0. The van der Waals surface area contributed by atoms with E-state index in [1.54, 1.807) is 0 Å². The molecule has 5 heteroatoms. The minimum atomic E-state index is 0.338. The van der Waals surface area contributed by atoms with Crippen LogP contribution in [-0.2, 0) is 14.2 Å². The van der Waals surface area contributed by atoms with Gasteiger partial charge in [-0.15, -0.1) is 0 Å². The summed E-state index contributed by atoms with van der Waals surface area (Å²) in [6, 6.07) is 1.26. The smallest absolute Gasteiger partial charge is 0.0751 e. The highest BCUT2D eigenvalue weighted by Crippen LogP contribution is 2.37. The van der Waals surface area contributed by atoms with Crippen LogP contribution in [0, 0.1) is 17.8 Å². The second-order valence-electron chi connectivity index (χ2n) is 11.0. The molecule has 4 aliphatic rings. The van der Waals surface area contributed by atoms with Crippen LogP contribution < -0.4 is 0 Å². The lowest BCUT2D eigenvalue weighted by atomic mass is 9.76. The molecular weight excluding hydrogens is 388 g/mol. The van der Waals surface area contributed by atoms with Crippen molar-refractivity contribution < 1.29 is 14.2 Å². The van der Waals surface area contributed by atoms with Crippen LogP contribution in [0.5, 0.6) is 0 Å². The Bertz CT molecular complexity index is 531. The zero-order valence-corrected chi connectivity index (χ0v) is 20.6. The predicted molar refractivity (Wildman–Crippen MR) is 125 cm³/mol. The molecule has 5 nitrogen and oxygen atoms in total. The SMILES string of the molecule is COC1CCC(N2CCC(C3CCN(C4CCC(C)CC4OC)CC3)CC2)C(OC)C1. The molecule has 0 N–H and O–H groups in total. The number of piperidine rings is 2. The highest BCUT2D eigenvalue weighted by molar-refractivity contribution is 4.93. The zero-order chi connectivity index (χ0) is 21.8. The van der Waals surface area contributed by atoms with Gasteiger partial charge in [0.25, 0.3) is 0 Å². The first kappa shape index (κ1) is 23.9. The van der Waals surface area contributed by atoms with Gasteiger partial charge < -0.3 is 14.2 Å². The maximum atomic E-state index is 5.91. The van der Waals surface area contributed by atoms with Gasteiger partial charge in [-0.25, -0.2) is 0 Å². The summed E-state index contributed by atoms with van der Waals surface area (Å²) in [5, 5.41) is 0. The summed E-state index contributed by atoms with van der Waals surface area (Å²) in [6.07, 6.45) is 14.1. The Morgan fingerprint density at radius 1 is 0.548 bits per heavy atom. The summed E-state index contributed by atoms with van der Waals surface area (Å²) in [5.74, 6) is 2.69. The fourth-order valence-corrected chi connectivity index (χ4v) is 7.39. The average molecular weight is 437 g/mol. The van der Waals surface area contributed by atoms with Crippen molar-refractivity contribution >= 4 is 0 Å². The Morgan fingerprint density at radius 2 is 1.03 bits per heavy atom. The van der Waals surface area contributed by atoms with E-state index in [0.717, 1.165) is 24.2 Å². The van der Waals surface area contributed by atoms with E-state index < -0.39 is 0 Å². The van der Waals surface area contributed by atoms with E-state index in [-0.39, 0.29) is 0 Å². The summed E-state index contributed by atoms with van der Waals surface area (Å²) < 4.78 is 17.4. The molecular formula is C26H48N2O3. The van der Waals surface area contributed by atoms with E-state index in [2.05, 4.69) is 16.7 Å². The average Bonchev–Trinajstić information content (AvgIpc) is 2.83. The standard InChI is InChI=1S/C26H48N2O3/c1-19-5-7-23(25(17-19)30-3)27-13-9-20(10-14-27)21-11-15-28(16-12-21)24-8-6-22(29-2)18-26(24)31-4/h19-26H,5-18H2,1-4H3. The van der Waals surface area contributed by atoms with Gasteiger partial charge in [-0.05, 0) is 102 Å². The van der Waals surface area contributed by atoms with Crippen molar-refractivity contribution in [2.75, 3.05) is 47.5 Å². The van der Waals surface area contributed by atoms with Crippen molar-refractivity contribution in [1.29, 1.82) is 0 Å². The maximum absolute atomic E-state index is 5.91. The molecule has 0 amide bonds. The van der Waals surface area contributed by atoms with Crippen LogP contribution in [0.4, 0.5) is 0 Å². The van der Waals surface area contributed by atoms with Crippen LogP contribution in [-0.4, -0.2) is 87.7 Å². The molecule has 2 saturated heterocycles. The lowest BCUT2D eigenvalue weighted by molar-refractivity contribution is -0.0700. The number of likely N-dealkylation sites (tertiary alicyclic amines) is 2. The van der Waals surface area contributed by atoms with Gasteiger partial charge >= 0.3 is 0 Å². The zero-order valence-electron chi connectivity index (χ0n) is 20.6. The number of rotatable bonds is 6. The lowest BCUT2D eigenvalue weighted by Gasteiger charge is -2.47. The summed E-state index contributed by atoms with van der Waals surface area (Å²) in [7, 11) is 5.65. The van der Waals surface area contributed by atoms with Gasteiger partial charge in [0, 0.05) is 39.8 Å². The maximum Gasteiger partial charge on any atom is 0.0751 e. The minimum absolute atomic E-state index is 0.338. The van der Waals surface area contributed by atoms with Crippen LogP contribution in [0.15, 0.2) is 0 Å². The van der Waals surface area contributed by atoms with E-state index >= 15 is 0 Å². The van der Waals surface area contributed by atoms with Gasteiger partial charge in [0.2, 0.25) is 0 Å². The van der Waals surface area contributed by atoms with Gasteiger partial charge in [0.1, 0.15) is 0 Å². The van der Waals surface area contributed by atoms with Crippen molar-refractivity contribution in [3.05, 3.63) is 0 Å². The Hall–Kier alpha value is -0.200. The molecule has 0 aromatic heterocycles. The Kier molecular flexibility index (Phi) is 8.72. The van der Waals surface area contributed by atoms with Crippen LogP contribution in [0.2, 0.25) is 0 Å². The van der Waals surface area contributed by atoms with Crippen LogP contribution in [0.25, 0.3) is 0 Å². The summed E-state index contributed by atoms with van der Waals surface area (Å²) in [4.78, 5) is 5.53. The van der Waals surface area contributed by atoms with Gasteiger partial charge in [-0.1, -0.05) is 6.92 Å².